The maximum absolute atomic E-state index is 14.4. The van der Waals surface area contributed by atoms with Gasteiger partial charge >= 0.3 is 5.97 Å². The first-order chi connectivity index (χ1) is 13.6. The van der Waals surface area contributed by atoms with E-state index in [4.69, 9.17) is 14.2 Å². The Bertz CT molecular complexity index is 861. The molecule has 0 heterocycles. The molecule has 0 aliphatic heterocycles. The van der Waals surface area contributed by atoms with Gasteiger partial charge in [0.05, 0.1) is 20.5 Å². The summed E-state index contributed by atoms with van der Waals surface area (Å²) in [6.07, 6.45) is 3.80. The summed E-state index contributed by atoms with van der Waals surface area (Å²) in [6, 6.07) is 12.1. The zero-order valence-corrected chi connectivity index (χ0v) is 16.0. The Balaban J connectivity index is 1.72. The number of benzene rings is 2. The van der Waals surface area contributed by atoms with Crippen LogP contribution in [0.25, 0.3) is 5.57 Å². The lowest BCUT2D eigenvalue weighted by Gasteiger charge is -2.14. The largest absolute Gasteiger partial charge is 0.503 e. The van der Waals surface area contributed by atoms with Crippen molar-refractivity contribution in [3.8, 4) is 5.75 Å². The Morgan fingerprint density at radius 2 is 2.00 bits per heavy atom. The number of methoxy groups -OCH3 is 2. The summed E-state index contributed by atoms with van der Waals surface area (Å²) in [6.45, 7) is 0.967. The quantitative estimate of drug-likeness (QED) is 0.394. The summed E-state index contributed by atoms with van der Waals surface area (Å²) >= 11 is 0. The summed E-state index contributed by atoms with van der Waals surface area (Å²) in [5.74, 6) is -0.0905. The van der Waals surface area contributed by atoms with Gasteiger partial charge in [0.25, 0.3) is 0 Å². The van der Waals surface area contributed by atoms with Gasteiger partial charge in [-0.1, -0.05) is 24.3 Å². The first-order valence-electron chi connectivity index (χ1n) is 9.18. The molecule has 0 spiro atoms. The van der Waals surface area contributed by atoms with E-state index in [0.29, 0.717) is 17.0 Å². The van der Waals surface area contributed by atoms with E-state index in [1.165, 1.54) is 39.4 Å². The summed E-state index contributed by atoms with van der Waals surface area (Å²) in [5, 5.41) is 3.24. The number of nitrogens with one attached hydrogen (secondary N) is 1. The molecule has 2 aromatic rings. The molecular weight excluding hydrogens is 361 g/mol. The number of ether oxygens (including phenoxy) is 3. The standard InChI is InChI=1S/C22H24FNO4/c1-26-14-19(22(25)27-2)18-6-4-3-5-16(18)13-28-21-10-9-17(11-20(21)23)24-12-15-7-8-15/h3-6,9-11,14-15,24H,7-8,12-13H2,1-2H3. The fourth-order valence-corrected chi connectivity index (χ4v) is 2.83. The van der Waals surface area contributed by atoms with E-state index in [1.54, 1.807) is 24.3 Å². The summed E-state index contributed by atoms with van der Waals surface area (Å²) < 4.78 is 29.9. The van der Waals surface area contributed by atoms with Crippen molar-refractivity contribution in [1.29, 1.82) is 0 Å². The average molecular weight is 385 g/mol. The molecule has 0 amide bonds. The average Bonchev–Trinajstić information content (AvgIpc) is 3.54. The van der Waals surface area contributed by atoms with Crippen LogP contribution in [0.4, 0.5) is 10.1 Å². The number of carbonyl (C=O) groups is 1. The Morgan fingerprint density at radius 1 is 1.21 bits per heavy atom. The molecule has 1 N–H and O–H groups in total. The highest BCUT2D eigenvalue weighted by Crippen LogP contribution is 2.30. The maximum Gasteiger partial charge on any atom is 0.341 e. The lowest BCUT2D eigenvalue weighted by Crippen LogP contribution is -2.08. The van der Waals surface area contributed by atoms with Crippen molar-refractivity contribution in [3.63, 3.8) is 0 Å². The topological polar surface area (TPSA) is 56.8 Å². The molecule has 28 heavy (non-hydrogen) atoms. The molecule has 0 atom stereocenters. The second-order valence-corrected chi connectivity index (χ2v) is 6.67. The van der Waals surface area contributed by atoms with Crippen LogP contribution in [-0.4, -0.2) is 26.7 Å². The fraction of sp³-hybridized carbons (Fsp3) is 0.318. The van der Waals surface area contributed by atoms with E-state index in [0.717, 1.165) is 12.2 Å². The van der Waals surface area contributed by atoms with Gasteiger partial charge in [0.15, 0.2) is 11.6 Å². The number of rotatable bonds is 9. The van der Waals surface area contributed by atoms with E-state index < -0.39 is 11.8 Å². The third-order valence-corrected chi connectivity index (χ3v) is 4.56. The molecule has 0 aromatic heterocycles. The molecule has 148 valence electrons. The first kappa shape index (κ1) is 19.7. The molecule has 1 saturated carbocycles. The second-order valence-electron chi connectivity index (χ2n) is 6.67. The normalized spacial score (nSPS) is 13.8. The van der Waals surface area contributed by atoms with Crippen molar-refractivity contribution in [1.82, 2.24) is 0 Å². The Hall–Kier alpha value is -3.02. The Kier molecular flexibility index (Phi) is 6.53. The molecule has 0 unspecified atom stereocenters. The minimum Gasteiger partial charge on any atom is -0.503 e. The fourth-order valence-electron chi connectivity index (χ4n) is 2.83. The molecule has 0 bridgehead atoms. The van der Waals surface area contributed by atoms with Crippen LogP contribution in [0, 0.1) is 11.7 Å². The van der Waals surface area contributed by atoms with Gasteiger partial charge < -0.3 is 19.5 Å². The predicted molar refractivity (Wildman–Crippen MR) is 105 cm³/mol. The minimum absolute atomic E-state index is 0.0972. The second kappa shape index (κ2) is 9.26. The van der Waals surface area contributed by atoms with Crippen molar-refractivity contribution >= 4 is 17.2 Å². The molecule has 3 rings (SSSR count). The van der Waals surface area contributed by atoms with Crippen molar-refractivity contribution in [2.45, 2.75) is 19.4 Å². The van der Waals surface area contributed by atoms with Gasteiger partial charge in [0.2, 0.25) is 0 Å². The smallest absolute Gasteiger partial charge is 0.341 e. The number of hydrogen-bond acceptors (Lipinski definition) is 5. The zero-order valence-electron chi connectivity index (χ0n) is 16.0. The van der Waals surface area contributed by atoms with Crippen LogP contribution < -0.4 is 10.1 Å². The monoisotopic (exact) mass is 385 g/mol. The van der Waals surface area contributed by atoms with Gasteiger partial charge in [-0.2, -0.15) is 0 Å². The third kappa shape index (κ3) is 5.03. The van der Waals surface area contributed by atoms with Crippen LogP contribution in [0.1, 0.15) is 24.0 Å². The van der Waals surface area contributed by atoms with E-state index in [-0.39, 0.29) is 17.9 Å². The first-order valence-corrected chi connectivity index (χ1v) is 9.18. The number of anilines is 1. The Morgan fingerprint density at radius 3 is 2.68 bits per heavy atom. The molecule has 2 aromatic carbocycles. The molecule has 1 fully saturated rings. The molecular formula is C22H24FNO4. The van der Waals surface area contributed by atoms with Crippen molar-refractivity contribution < 1.29 is 23.4 Å². The summed E-state index contributed by atoms with van der Waals surface area (Å²) in [5.41, 5.74) is 2.34. The van der Waals surface area contributed by atoms with Crippen molar-refractivity contribution in [2.75, 3.05) is 26.1 Å². The van der Waals surface area contributed by atoms with Gasteiger partial charge in [-0.15, -0.1) is 0 Å². The number of halogens is 1. The molecule has 1 aliphatic rings. The van der Waals surface area contributed by atoms with E-state index >= 15 is 0 Å². The van der Waals surface area contributed by atoms with E-state index in [2.05, 4.69) is 5.32 Å². The molecule has 0 saturated heterocycles. The van der Waals surface area contributed by atoms with Gasteiger partial charge in [0, 0.05) is 18.3 Å². The van der Waals surface area contributed by atoms with Gasteiger partial charge in [-0.25, -0.2) is 9.18 Å². The lowest BCUT2D eigenvalue weighted by molar-refractivity contribution is -0.133. The minimum atomic E-state index is -0.522. The van der Waals surface area contributed by atoms with Gasteiger partial charge in [-0.3, -0.25) is 0 Å². The van der Waals surface area contributed by atoms with Crippen LogP contribution >= 0.6 is 0 Å². The van der Waals surface area contributed by atoms with Crippen LogP contribution in [0.2, 0.25) is 0 Å². The van der Waals surface area contributed by atoms with Crippen LogP contribution in [0.15, 0.2) is 48.7 Å². The van der Waals surface area contributed by atoms with Crippen LogP contribution in [0.5, 0.6) is 5.75 Å². The highest BCUT2D eigenvalue weighted by Gasteiger charge is 2.21. The molecule has 0 radical (unpaired) electrons. The third-order valence-electron chi connectivity index (χ3n) is 4.56. The van der Waals surface area contributed by atoms with Gasteiger partial charge in [0.1, 0.15) is 12.2 Å². The SMILES string of the molecule is COC=C(C(=O)OC)c1ccccc1COc1ccc(NCC2CC2)cc1F. The predicted octanol–water partition coefficient (Wildman–Crippen LogP) is 4.39. The summed E-state index contributed by atoms with van der Waals surface area (Å²) in [7, 11) is 2.76. The Labute approximate surface area is 164 Å². The highest BCUT2D eigenvalue weighted by atomic mass is 19.1. The number of esters is 1. The van der Waals surface area contributed by atoms with Crippen molar-refractivity contribution in [2.24, 2.45) is 5.92 Å². The highest BCUT2D eigenvalue weighted by molar-refractivity contribution is 6.16. The molecule has 5 nitrogen and oxygen atoms in total. The lowest BCUT2D eigenvalue weighted by atomic mass is 10.0. The molecule has 1 aliphatic carbocycles. The van der Waals surface area contributed by atoms with E-state index in [9.17, 15) is 9.18 Å². The number of carbonyl (C=O) groups excluding carboxylic acids is 1. The summed E-state index contributed by atoms with van der Waals surface area (Å²) in [4.78, 5) is 12.1. The van der Waals surface area contributed by atoms with Crippen molar-refractivity contribution in [3.05, 3.63) is 65.7 Å². The zero-order chi connectivity index (χ0) is 19.9. The maximum atomic E-state index is 14.4. The van der Waals surface area contributed by atoms with E-state index in [1.807, 2.05) is 12.1 Å². The van der Waals surface area contributed by atoms with Gasteiger partial charge in [-0.05, 0) is 42.0 Å². The number of hydrogen-bond donors (Lipinski definition) is 1. The van der Waals surface area contributed by atoms with Crippen LogP contribution in [0.3, 0.4) is 0 Å². The molecule has 6 heteroatoms. The van der Waals surface area contributed by atoms with Crippen LogP contribution in [-0.2, 0) is 20.9 Å².